The van der Waals surface area contributed by atoms with Crippen LogP contribution in [-0.4, -0.2) is 15.1 Å². The van der Waals surface area contributed by atoms with Crippen molar-refractivity contribution in [3.63, 3.8) is 0 Å². The first-order valence-electron chi connectivity index (χ1n) is 4.94. The van der Waals surface area contributed by atoms with Crippen LogP contribution in [0.2, 0.25) is 0 Å². The average Bonchev–Trinajstić information content (AvgIpc) is 2.76. The van der Waals surface area contributed by atoms with Crippen LogP contribution in [0, 0.1) is 0 Å². The number of halogens is 1. The van der Waals surface area contributed by atoms with Crippen LogP contribution in [0.1, 0.15) is 0 Å². The lowest BCUT2D eigenvalue weighted by Gasteiger charge is -2.03. The van der Waals surface area contributed by atoms with E-state index in [1.165, 1.54) is 6.33 Å². The molecule has 2 heterocycles. The number of phenolic OH excluding ortho intramolecular Hbond substituents is 1. The van der Waals surface area contributed by atoms with E-state index in [1.54, 1.807) is 18.2 Å². The molecule has 1 N–H and O–H groups in total. The molecule has 0 aliphatic rings. The molecule has 0 aliphatic heterocycles. The summed E-state index contributed by atoms with van der Waals surface area (Å²) in [5.41, 5.74) is 1.18. The van der Waals surface area contributed by atoms with E-state index in [2.05, 4.69) is 25.9 Å². The van der Waals surface area contributed by atoms with Crippen molar-refractivity contribution >= 4 is 26.8 Å². The Morgan fingerprint density at radius 1 is 1.12 bits per heavy atom. The smallest absolute Gasteiger partial charge is 0.169 e. The van der Waals surface area contributed by atoms with Crippen LogP contribution in [0.15, 0.2) is 45.7 Å². The summed E-state index contributed by atoms with van der Waals surface area (Å²) >= 11 is 3.25. The van der Waals surface area contributed by atoms with Crippen molar-refractivity contribution in [1.29, 1.82) is 0 Å². The first-order chi connectivity index (χ1) is 8.25. The molecule has 0 saturated heterocycles. The molecule has 0 amide bonds. The quantitative estimate of drug-likeness (QED) is 0.747. The van der Waals surface area contributed by atoms with Gasteiger partial charge in [0, 0.05) is 5.39 Å². The van der Waals surface area contributed by atoms with E-state index in [4.69, 9.17) is 4.42 Å². The van der Waals surface area contributed by atoms with Gasteiger partial charge in [-0.2, -0.15) is 0 Å². The first-order valence-corrected chi connectivity index (χ1v) is 5.73. The number of benzene rings is 1. The Kier molecular flexibility index (Phi) is 2.33. The molecule has 84 valence electrons. The van der Waals surface area contributed by atoms with Gasteiger partial charge in [-0.05, 0) is 34.1 Å². The van der Waals surface area contributed by atoms with Gasteiger partial charge in [-0.3, -0.25) is 0 Å². The molecule has 0 aliphatic carbocycles. The molecule has 0 atom stereocenters. The van der Waals surface area contributed by atoms with Gasteiger partial charge in [0.15, 0.2) is 10.4 Å². The van der Waals surface area contributed by atoms with Crippen LogP contribution in [0.4, 0.5) is 0 Å². The summed E-state index contributed by atoms with van der Waals surface area (Å²) in [6.45, 7) is 0. The second kappa shape index (κ2) is 3.85. The number of aromatic nitrogens is 2. The van der Waals surface area contributed by atoms with Crippen molar-refractivity contribution in [3.8, 4) is 17.2 Å². The third-order valence-corrected chi connectivity index (χ3v) is 2.88. The lowest BCUT2D eigenvalue weighted by molar-refractivity contribution is 0.480. The molecule has 0 unspecified atom stereocenters. The second-order valence-electron chi connectivity index (χ2n) is 3.50. The molecular formula is C12H7BrN2O2. The van der Waals surface area contributed by atoms with E-state index in [1.807, 2.05) is 12.1 Å². The summed E-state index contributed by atoms with van der Waals surface area (Å²) in [6, 6.07) is 8.81. The molecule has 0 fully saturated rings. The summed E-state index contributed by atoms with van der Waals surface area (Å²) in [7, 11) is 0. The number of fused-ring (bicyclic) bond motifs is 1. The standard InChI is InChI=1S/C12H7BrN2O2/c13-10-5-4-9(17-10)12-7-2-1-3-8(16)11(7)14-6-15-12/h1-6,16H. The van der Waals surface area contributed by atoms with E-state index in [-0.39, 0.29) is 5.75 Å². The topological polar surface area (TPSA) is 59.2 Å². The minimum Gasteiger partial charge on any atom is -0.506 e. The van der Waals surface area contributed by atoms with Crippen LogP contribution in [0.3, 0.4) is 0 Å². The summed E-state index contributed by atoms with van der Waals surface area (Å²) < 4.78 is 6.10. The SMILES string of the molecule is Oc1cccc2c(-c3ccc(Br)o3)ncnc12. The third kappa shape index (κ3) is 1.68. The molecule has 5 heteroatoms. The molecule has 2 aromatic heterocycles. The molecule has 0 spiro atoms. The number of hydrogen-bond acceptors (Lipinski definition) is 4. The van der Waals surface area contributed by atoms with Crippen LogP contribution < -0.4 is 0 Å². The number of furan rings is 1. The Labute approximate surface area is 105 Å². The zero-order chi connectivity index (χ0) is 11.8. The lowest BCUT2D eigenvalue weighted by Crippen LogP contribution is -1.87. The van der Waals surface area contributed by atoms with Gasteiger partial charge >= 0.3 is 0 Å². The molecular weight excluding hydrogens is 284 g/mol. The molecule has 3 aromatic rings. The number of nitrogens with zero attached hydrogens (tertiary/aromatic N) is 2. The molecule has 1 aromatic carbocycles. The van der Waals surface area contributed by atoms with Crippen molar-refractivity contribution in [2.75, 3.05) is 0 Å². The molecule has 3 rings (SSSR count). The van der Waals surface area contributed by atoms with Gasteiger partial charge in [-0.15, -0.1) is 0 Å². The molecule has 17 heavy (non-hydrogen) atoms. The molecule has 0 radical (unpaired) electrons. The zero-order valence-electron chi connectivity index (χ0n) is 8.59. The van der Waals surface area contributed by atoms with E-state index in [0.29, 0.717) is 21.6 Å². The summed E-state index contributed by atoms with van der Waals surface area (Å²) in [4.78, 5) is 8.25. The Hall–Kier alpha value is -1.88. The monoisotopic (exact) mass is 290 g/mol. The van der Waals surface area contributed by atoms with Gasteiger partial charge in [0.2, 0.25) is 0 Å². The van der Waals surface area contributed by atoms with Crippen molar-refractivity contribution in [2.45, 2.75) is 0 Å². The fourth-order valence-electron chi connectivity index (χ4n) is 1.71. The van der Waals surface area contributed by atoms with Crippen molar-refractivity contribution in [1.82, 2.24) is 9.97 Å². The van der Waals surface area contributed by atoms with Crippen LogP contribution in [0.5, 0.6) is 5.75 Å². The molecule has 0 bridgehead atoms. The van der Waals surface area contributed by atoms with Crippen LogP contribution in [0.25, 0.3) is 22.4 Å². The zero-order valence-corrected chi connectivity index (χ0v) is 10.2. The lowest BCUT2D eigenvalue weighted by atomic mass is 10.1. The number of aromatic hydroxyl groups is 1. The fraction of sp³-hybridized carbons (Fsp3) is 0. The number of para-hydroxylation sites is 1. The van der Waals surface area contributed by atoms with E-state index < -0.39 is 0 Å². The normalized spacial score (nSPS) is 10.9. The first kappa shape index (κ1) is 10.3. The van der Waals surface area contributed by atoms with Crippen LogP contribution >= 0.6 is 15.9 Å². The van der Waals surface area contributed by atoms with Gasteiger partial charge in [-0.1, -0.05) is 12.1 Å². The van der Waals surface area contributed by atoms with Gasteiger partial charge in [0.05, 0.1) is 0 Å². The highest BCUT2D eigenvalue weighted by Gasteiger charge is 2.11. The largest absolute Gasteiger partial charge is 0.506 e. The van der Waals surface area contributed by atoms with E-state index in [9.17, 15) is 5.11 Å². The van der Waals surface area contributed by atoms with Crippen molar-refractivity contribution in [2.24, 2.45) is 0 Å². The van der Waals surface area contributed by atoms with Gasteiger partial charge < -0.3 is 9.52 Å². The maximum Gasteiger partial charge on any atom is 0.169 e. The second-order valence-corrected chi connectivity index (χ2v) is 4.28. The minimum atomic E-state index is 0.136. The maximum atomic E-state index is 9.72. The predicted octanol–water partition coefficient (Wildman–Crippen LogP) is 3.36. The highest BCUT2D eigenvalue weighted by atomic mass is 79.9. The maximum absolute atomic E-state index is 9.72. The van der Waals surface area contributed by atoms with E-state index in [0.717, 1.165) is 5.39 Å². The van der Waals surface area contributed by atoms with Gasteiger partial charge in [0.25, 0.3) is 0 Å². The summed E-state index contributed by atoms with van der Waals surface area (Å²) in [5, 5.41) is 10.5. The Balaban J connectivity index is 2.34. The summed E-state index contributed by atoms with van der Waals surface area (Å²) in [6.07, 6.45) is 1.41. The van der Waals surface area contributed by atoms with Crippen molar-refractivity contribution in [3.05, 3.63) is 41.3 Å². The predicted molar refractivity (Wildman–Crippen MR) is 66.6 cm³/mol. The molecule has 4 nitrogen and oxygen atoms in total. The number of phenols is 1. The highest BCUT2D eigenvalue weighted by Crippen LogP contribution is 2.31. The molecule has 0 saturated carbocycles. The van der Waals surface area contributed by atoms with Crippen LogP contribution in [-0.2, 0) is 0 Å². The highest BCUT2D eigenvalue weighted by molar-refractivity contribution is 9.10. The fourth-order valence-corrected chi connectivity index (χ4v) is 2.02. The number of hydrogen-bond donors (Lipinski definition) is 1. The average molecular weight is 291 g/mol. The Morgan fingerprint density at radius 2 is 2.00 bits per heavy atom. The van der Waals surface area contributed by atoms with Gasteiger partial charge in [0.1, 0.15) is 23.3 Å². The third-order valence-electron chi connectivity index (χ3n) is 2.45. The Morgan fingerprint density at radius 3 is 2.76 bits per heavy atom. The number of rotatable bonds is 1. The minimum absolute atomic E-state index is 0.136. The Bertz CT molecular complexity index is 694. The van der Waals surface area contributed by atoms with Gasteiger partial charge in [-0.25, -0.2) is 9.97 Å². The summed E-state index contributed by atoms with van der Waals surface area (Å²) in [5.74, 6) is 0.770. The van der Waals surface area contributed by atoms with Crippen molar-refractivity contribution < 1.29 is 9.52 Å². The van der Waals surface area contributed by atoms with E-state index >= 15 is 0 Å².